The van der Waals surface area contributed by atoms with Gasteiger partial charge in [-0.15, -0.1) is 0 Å². The van der Waals surface area contributed by atoms with E-state index in [2.05, 4.69) is 15.3 Å². The summed E-state index contributed by atoms with van der Waals surface area (Å²) in [6.07, 6.45) is 0. The summed E-state index contributed by atoms with van der Waals surface area (Å²) in [6, 6.07) is 4.50. The number of carbonyl (C=O) groups excluding carboxylic acids is 2. The van der Waals surface area contributed by atoms with Crippen LogP contribution in [-0.2, 0) is 14.3 Å². The fourth-order valence-electron chi connectivity index (χ4n) is 1.98. The Morgan fingerprint density at radius 2 is 1.93 bits per heavy atom. The molecule has 9 nitrogen and oxygen atoms in total. The molecule has 1 heterocycles. The van der Waals surface area contributed by atoms with Crippen molar-refractivity contribution in [3.05, 3.63) is 51.6 Å². The lowest BCUT2D eigenvalue weighted by Crippen LogP contribution is -2.22. The molecular formula is C16H15FN4O5S. The van der Waals surface area contributed by atoms with Crippen molar-refractivity contribution in [2.75, 3.05) is 17.7 Å². The highest BCUT2D eigenvalue weighted by atomic mass is 32.2. The molecule has 1 aromatic carbocycles. The van der Waals surface area contributed by atoms with E-state index in [1.807, 2.05) is 0 Å². The number of anilines is 1. The molecule has 1 amide bonds. The summed E-state index contributed by atoms with van der Waals surface area (Å²) in [5, 5.41) is 13.2. The smallest absolute Gasteiger partial charge is 0.316 e. The van der Waals surface area contributed by atoms with Gasteiger partial charge < -0.3 is 10.1 Å². The molecule has 0 bridgehead atoms. The average Bonchev–Trinajstić information content (AvgIpc) is 2.59. The highest BCUT2D eigenvalue weighted by Gasteiger charge is 2.15. The molecule has 0 aliphatic heterocycles. The van der Waals surface area contributed by atoms with Crippen molar-refractivity contribution in [1.82, 2.24) is 9.97 Å². The van der Waals surface area contributed by atoms with Gasteiger partial charge in [0.2, 0.25) is 0 Å². The zero-order valence-electron chi connectivity index (χ0n) is 14.4. The van der Waals surface area contributed by atoms with Crippen molar-refractivity contribution in [3.8, 4) is 0 Å². The fraction of sp³-hybridized carbons (Fsp3) is 0.250. The topological polar surface area (TPSA) is 124 Å². The number of thioether (sulfide) groups is 1. The first-order valence-corrected chi connectivity index (χ1v) is 8.57. The second kappa shape index (κ2) is 9.03. The van der Waals surface area contributed by atoms with Gasteiger partial charge in [-0.05, 0) is 26.0 Å². The Hall–Kier alpha value is -3.08. The number of hydrogen-bond acceptors (Lipinski definition) is 8. The molecule has 0 aliphatic carbocycles. The van der Waals surface area contributed by atoms with Gasteiger partial charge in [0.1, 0.15) is 5.82 Å². The van der Waals surface area contributed by atoms with E-state index in [-0.39, 0.29) is 17.1 Å². The molecule has 2 aromatic rings. The predicted molar refractivity (Wildman–Crippen MR) is 94.9 cm³/mol. The van der Waals surface area contributed by atoms with E-state index in [9.17, 15) is 24.1 Å². The quantitative estimate of drug-likeness (QED) is 0.250. The summed E-state index contributed by atoms with van der Waals surface area (Å²) in [5.41, 5.74) is 0.769. The number of aryl methyl sites for hydroxylation is 2. The molecule has 1 aromatic heterocycles. The Kier molecular flexibility index (Phi) is 6.77. The predicted octanol–water partition coefficient (Wildman–Crippen LogP) is 2.41. The summed E-state index contributed by atoms with van der Waals surface area (Å²) in [6.45, 7) is 2.94. The number of rotatable bonds is 7. The lowest BCUT2D eigenvalue weighted by Gasteiger charge is -2.07. The lowest BCUT2D eigenvalue weighted by molar-refractivity contribution is -0.384. The zero-order valence-corrected chi connectivity index (χ0v) is 15.2. The molecule has 0 saturated carbocycles. The molecule has 0 aliphatic rings. The Labute approximate surface area is 157 Å². The third kappa shape index (κ3) is 6.29. The normalized spacial score (nSPS) is 10.3. The molecule has 0 unspecified atom stereocenters. The Balaban J connectivity index is 1.83. The summed E-state index contributed by atoms with van der Waals surface area (Å²) < 4.78 is 18.4. The number of carbonyl (C=O) groups is 2. The van der Waals surface area contributed by atoms with E-state index in [4.69, 9.17) is 4.74 Å². The molecule has 27 heavy (non-hydrogen) atoms. The van der Waals surface area contributed by atoms with Crippen LogP contribution in [0.5, 0.6) is 0 Å². The van der Waals surface area contributed by atoms with Crippen LogP contribution < -0.4 is 5.32 Å². The van der Waals surface area contributed by atoms with Crippen LogP contribution in [0.15, 0.2) is 29.4 Å². The number of non-ortho nitro benzene ring substituents is 1. The maximum absolute atomic E-state index is 13.6. The first-order valence-electron chi connectivity index (χ1n) is 7.59. The highest BCUT2D eigenvalue weighted by molar-refractivity contribution is 7.99. The van der Waals surface area contributed by atoms with Crippen LogP contribution in [0.4, 0.5) is 15.8 Å². The van der Waals surface area contributed by atoms with Crippen LogP contribution in [0, 0.1) is 29.8 Å². The van der Waals surface area contributed by atoms with Crippen molar-refractivity contribution in [3.63, 3.8) is 0 Å². The first-order chi connectivity index (χ1) is 12.7. The van der Waals surface area contributed by atoms with Gasteiger partial charge in [0.15, 0.2) is 11.8 Å². The van der Waals surface area contributed by atoms with Crippen molar-refractivity contribution in [2.24, 2.45) is 0 Å². The van der Waals surface area contributed by atoms with Crippen LogP contribution in [0.1, 0.15) is 11.4 Å². The summed E-state index contributed by atoms with van der Waals surface area (Å²) in [7, 11) is 0. The fourth-order valence-corrected chi connectivity index (χ4v) is 2.73. The molecule has 0 radical (unpaired) electrons. The maximum Gasteiger partial charge on any atom is 0.316 e. The molecular weight excluding hydrogens is 379 g/mol. The van der Waals surface area contributed by atoms with Gasteiger partial charge in [0, 0.05) is 23.5 Å². The number of ether oxygens (including phenoxy) is 1. The minimum Gasteiger partial charge on any atom is -0.455 e. The van der Waals surface area contributed by atoms with Gasteiger partial charge in [0.25, 0.3) is 11.6 Å². The molecule has 11 heteroatoms. The van der Waals surface area contributed by atoms with Crippen molar-refractivity contribution < 1.29 is 23.6 Å². The summed E-state index contributed by atoms with van der Waals surface area (Å²) >= 11 is 1.06. The van der Waals surface area contributed by atoms with E-state index in [1.165, 1.54) is 0 Å². The van der Waals surface area contributed by atoms with Crippen molar-refractivity contribution in [2.45, 2.75) is 19.0 Å². The van der Waals surface area contributed by atoms with Crippen LogP contribution in [0.25, 0.3) is 0 Å². The molecule has 2 rings (SSSR count). The van der Waals surface area contributed by atoms with Crippen molar-refractivity contribution in [1.29, 1.82) is 0 Å². The number of nitrogens with zero attached hydrogens (tertiary/aromatic N) is 3. The van der Waals surface area contributed by atoms with Crippen molar-refractivity contribution >= 4 is 35.0 Å². The number of esters is 1. The van der Waals surface area contributed by atoms with E-state index in [1.54, 1.807) is 19.9 Å². The van der Waals surface area contributed by atoms with Gasteiger partial charge in [-0.1, -0.05) is 11.8 Å². The van der Waals surface area contributed by atoms with Gasteiger partial charge in [-0.2, -0.15) is 0 Å². The molecule has 0 saturated heterocycles. The Morgan fingerprint density at radius 1 is 1.26 bits per heavy atom. The van der Waals surface area contributed by atoms with E-state index in [0.717, 1.165) is 41.3 Å². The molecule has 0 fully saturated rings. The average molecular weight is 394 g/mol. The minimum absolute atomic E-state index is 0.110. The molecule has 142 valence electrons. The highest BCUT2D eigenvalue weighted by Crippen LogP contribution is 2.21. The van der Waals surface area contributed by atoms with Gasteiger partial charge in [-0.3, -0.25) is 19.7 Å². The third-order valence-electron chi connectivity index (χ3n) is 3.08. The maximum atomic E-state index is 13.6. The van der Waals surface area contributed by atoms with Crippen LogP contribution in [0.3, 0.4) is 0 Å². The number of aromatic nitrogens is 2. The monoisotopic (exact) mass is 394 g/mol. The number of nitro benzene ring substituents is 1. The summed E-state index contributed by atoms with van der Waals surface area (Å²) in [4.78, 5) is 41.7. The second-order valence-corrected chi connectivity index (χ2v) is 6.29. The number of nitrogens with one attached hydrogen (secondary N) is 1. The van der Waals surface area contributed by atoms with Gasteiger partial charge >= 0.3 is 5.97 Å². The van der Waals surface area contributed by atoms with Crippen LogP contribution in [0.2, 0.25) is 0 Å². The molecule has 1 N–H and O–H groups in total. The molecule has 0 spiro atoms. The lowest BCUT2D eigenvalue weighted by atomic mass is 10.2. The largest absolute Gasteiger partial charge is 0.455 e. The number of benzene rings is 1. The van der Waals surface area contributed by atoms with E-state index < -0.39 is 29.2 Å². The Morgan fingerprint density at radius 3 is 2.56 bits per heavy atom. The van der Waals surface area contributed by atoms with E-state index in [0.29, 0.717) is 5.16 Å². The molecule has 0 atom stereocenters. The van der Waals surface area contributed by atoms with E-state index >= 15 is 0 Å². The zero-order chi connectivity index (χ0) is 20.0. The number of amides is 1. The first kappa shape index (κ1) is 20.2. The SMILES string of the molecule is Cc1cc(C)nc(SCC(=O)OCC(=O)Nc2cc([N+](=O)[O-])ccc2F)n1. The standard InChI is InChI=1S/C16H15FN4O5S/c1-9-5-10(2)19-16(18-9)27-8-15(23)26-7-14(22)20-13-6-11(21(24)25)3-4-12(13)17/h3-6H,7-8H2,1-2H3,(H,20,22). The van der Waals surface area contributed by atoms with Crippen LogP contribution in [-0.4, -0.2) is 39.1 Å². The number of nitro groups is 1. The Bertz CT molecular complexity index is 873. The minimum atomic E-state index is -0.845. The number of hydrogen-bond donors (Lipinski definition) is 1. The van der Waals surface area contributed by atoms with Gasteiger partial charge in [0.05, 0.1) is 16.4 Å². The van der Waals surface area contributed by atoms with Crippen LogP contribution >= 0.6 is 11.8 Å². The third-order valence-corrected chi connectivity index (χ3v) is 3.90. The number of halogens is 1. The summed E-state index contributed by atoms with van der Waals surface area (Å²) in [5.74, 6) is -2.46. The van der Waals surface area contributed by atoms with Gasteiger partial charge in [-0.25, -0.2) is 14.4 Å². The second-order valence-electron chi connectivity index (χ2n) is 5.35.